The largest absolute Gasteiger partial charge is 0.480 e. The third-order valence-corrected chi connectivity index (χ3v) is 2.33. The zero-order valence-electron chi connectivity index (χ0n) is 10.3. The van der Waals surface area contributed by atoms with E-state index in [1.165, 1.54) is 0 Å². The predicted molar refractivity (Wildman–Crippen MR) is 63.3 cm³/mol. The van der Waals surface area contributed by atoms with Gasteiger partial charge in [0, 0.05) is 13.0 Å². The minimum Gasteiger partial charge on any atom is -0.480 e. The van der Waals surface area contributed by atoms with Crippen LogP contribution >= 0.6 is 0 Å². The highest BCUT2D eigenvalue weighted by atomic mass is 16.5. The Hall–Kier alpha value is -1.22. The summed E-state index contributed by atoms with van der Waals surface area (Å²) in [6, 6.07) is -0.911. The quantitative estimate of drug-likeness (QED) is 0.248. The van der Waals surface area contributed by atoms with Crippen molar-refractivity contribution in [2.75, 3.05) is 6.54 Å². The van der Waals surface area contributed by atoms with Crippen molar-refractivity contribution < 1.29 is 24.9 Å². The molecular formula is C10H21N3O5. The fraction of sp³-hybridized carbons (Fsp3) is 0.800. The lowest BCUT2D eigenvalue weighted by atomic mass is 10.1. The van der Waals surface area contributed by atoms with Crippen molar-refractivity contribution in [1.29, 1.82) is 0 Å². The summed E-state index contributed by atoms with van der Waals surface area (Å²) in [4.78, 5) is 21.6. The van der Waals surface area contributed by atoms with E-state index in [2.05, 4.69) is 10.6 Å². The molecule has 8 heteroatoms. The normalized spacial score (nSPS) is 14.4. The summed E-state index contributed by atoms with van der Waals surface area (Å²) in [7, 11) is 0. The minimum absolute atomic E-state index is 0.0248. The van der Waals surface area contributed by atoms with Gasteiger partial charge in [0.15, 0.2) is 6.29 Å². The molecular weight excluding hydrogens is 242 g/mol. The van der Waals surface area contributed by atoms with Crippen LogP contribution in [0.5, 0.6) is 0 Å². The van der Waals surface area contributed by atoms with E-state index in [0.717, 1.165) is 0 Å². The molecule has 8 nitrogen and oxygen atoms in total. The van der Waals surface area contributed by atoms with Gasteiger partial charge in [0.25, 0.3) is 0 Å². The van der Waals surface area contributed by atoms with E-state index in [1.54, 1.807) is 6.92 Å². The van der Waals surface area contributed by atoms with Gasteiger partial charge in [-0.2, -0.15) is 0 Å². The summed E-state index contributed by atoms with van der Waals surface area (Å²) < 4.78 is 0. The van der Waals surface area contributed by atoms with Crippen LogP contribution < -0.4 is 16.4 Å². The average Bonchev–Trinajstić information content (AvgIpc) is 2.27. The number of nitrogens with one attached hydrogen (secondary N) is 2. The van der Waals surface area contributed by atoms with Crippen molar-refractivity contribution in [2.45, 2.75) is 44.7 Å². The van der Waals surface area contributed by atoms with Crippen LogP contribution in [0.3, 0.4) is 0 Å². The van der Waals surface area contributed by atoms with E-state index in [1.807, 2.05) is 0 Å². The Labute approximate surface area is 105 Å². The van der Waals surface area contributed by atoms with Gasteiger partial charge in [0.2, 0.25) is 5.91 Å². The molecule has 106 valence electrons. The van der Waals surface area contributed by atoms with Gasteiger partial charge in [-0.25, -0.2) is 0 Å². The molecule has 0 radical (unpaired) electrons. The Kier molecular flexibility index (Phi) is 8.21. The van der Waals surface area contributed by atoms with E-state index in [0.29, 0.717) is 6.42 Å². The monoisotopic (exact) mass is 263 g/mol. The summed E-state index contributed by atoms with van der Waals surface area (Å²) in [5.41, 5.74) is 4.96. The van der Waals surface area contributed by atoms with Crippen molar-refractivity contribution in [2.24, 2.45) is 5.73 Å². The highest BCUT2D eigenvalue weighted by Gasteiger charge is 2.21. The molecule has 0 aliphatic rings. The SMILES string of the molecule is CCC(NCC(O)O)N[C@@H](CCC(N)=O)C(=O)O. The molecule has 0 aromatic heterocycles. The summed E-state index contributed by atoms with van der Waals surface area (Å²) in [5, 5.41) is 31.9. The number of rotatable bonds is 10. The summed E-state index contributed by atoms with van der Waals surface area (Å²) >= 11 is 0. The molecule has 0 aromatic rings. The standard InChI is InChI=1S/C10H21N3O5/c1-2-8(12-5-9(15)16)13-6(10(17)18)3-4-7(11)14/h6,8-9,12-13,15-16H,2-5H2,1H3,(H2,11,14)(H,17,18)/t6-,8?/m0/s1. The molecule has 0 saturated heterocycles. The van der Waals surface area contributed by atoms with Crippen LogP contribution in [0, 0.1) is 0 Å². The number of carboxylic acids is 1. The van der Waals surface area contributed by atoms with E-state index in [-0.39, 0.29) is 25.6 Å². The summed E-state index contributed by atoms with van der Waals surface area (Å²) in [5.74, 6) is -1.64. The minimum atomic E-state index is -1.50. The smallest absolute Gasteiger partial charge is 0.320 e. The molecule has 1 amide bonds. The molecule has 0 fully saturated rings. The Morgan fingerprint density at radius 3 is 2.33 bits per heavy atom. The number of hydrogen-bond donors (Lipinski definition) is 6. The highest BCUT2D eigenvalue weighted by Crippen LogP contribution is 2.00. The van der Waals surface area contributed by atoms with Crippen LogP contribution in [0.4, 0.5) is 0 Å². The molecule has 0 spiro atoms. The number of carbonyl (C=O) groups is 2. The number of carbonyl (C=O) groups excluding carboxylic acids is 1. The Morgan fingerprint density at radius 1 is 1.33 bits per heavy atom. The fourth-order valence-corrected chi connectivity index (χ4v) is 1.38. The molecule has 0 saturated carbocycles. The molecule has 18 heavy (non-hydrogen) atoms. The zero-order chi connectivity index (χ0) is 14.1. The van der Waals surface area contributed by atoms with Crippen molar-refractivity contribution in [3.05, 3.63) is 0 Å². The molecule has 1 unspecified atom stereocenters. The van der Waals surface area contributed by atoms with Crippen molar-refractivity contribution in [3.8, 4) is 0 Å². The first-order valence-corrected chi connectivity index (χ1v) is 5.73. The lowest BCUT2D eigenvalue weighted by Crippen LogP contribution is -2.51. The number of amides is 1. The van der Waals surface area contributed by atoms with Crippen molar-refractivity contribution >= 4 is 11.9 Å². The number of aliphatic hydroxyl groups excluding tert-OH is 1. The van der Waals surface area contributed by atoms with E-state index >= 15 is 0 Å². The third kappa shape index (κ3) is 7.96. The maximum absolute atomic E-state index is 11.0. The number of aliphatic hydroxyl groups is 2. The lowest BCUT2D eigenvalue weighted by Gasteiger charge is -2.23. The van der Waals surface area contributed by atoms with Gasteiger partial charge in [0.1, 0.15) is 6.04 Å². The van der Waals surface area contributed by atoms with E-state index in [9.17, 15) is 9.59 Å². The maximum Gasteiger partial charge on any atom is 0.320 e. The first-order chi connectivity index (χ1) is 8.36. The Morgan fingerprint density at radius 2 is 1.94 bits per heavy atom. The van der Waals surface area contributed by atoms with Crippen LogP contribution in [0.2, 0.25) is 0 Å². The first kappa shape index (κ1) is 16.8. The second kappa shape index (κ2) is 8.81. The van der Waals surface area contributed by atoms with Crippen molar-refractivity contribution in [1.82, 2.24) is 10.6 Å². The third-order valence-electron chi connectivity index (χ3n) is 2.33. The molecule has 7 N–H and O–H groups in total. The van der Waals surface area contributed by atoms with E-state index < -0.39 is 24.2 Å². The van der Waals surface area contributed by atoms with Gasteiger partial charge in [-0.05, 0) is 12.8 Å². The number of nitrogens with two attached hydrogens (primary N) is 1. The molecule has 0 aliphatic carbocycles. The maximum atomic E-state index is 11.0. The second-order valence-corrected chi connectivity index (χ2v) is 3.91. The lowest BCUT2D eigenvalue weighted by molar-refractivity contribution is -0.140. The number of aliphatic carboxylic acids is 1. The van der Waals surface area contributed by atoms with Gasteiger partial charge in [-0.15, -0.1) is 0 Å². The second-order valence-electron chi connectivity index (χ2n) is 3.91. The van der Waals surface area contributed by atoms with Gasteiger partial charge in [-0.3, -0.25) is 20.2 Å². The topological polar surface area (TPSA) is 145 Å². The predicted octanol–water partition coefficient (Wildman–Crippen LogP) is -2.07. The van der Waals surface area contributed by atoms with Crippen molar-refractivity contribution in [3.63, 3.8) is 0 Å². The Bertz CT molecular complexity index is 272. The Balaban J connectivity index is 4.25. The molecule has 0 aliphatic heterocycles. The van der Waals surface area contributed by atoms with Gasteiger partial charge < -0.3 is 21.1 Å². The van der Waals surface area contributed by atoms with Crippen LogP contribution in [0.1, 0.15) is 26.2 Å². The molecule has 0 heterocycles. The van der Waals surface area contributed by atoms with E-state index in [4.69, 9.17) is 21.1 Å². The van der Waals surface area contributed by atoms with Gasteiger partial charge in [-0.1, -0.05) is 6.92 Å². The first-order valence-electron chi connectivity index (χ1n) is 5.73. The van der Waals surface area contributed by atoms with Crippen LogP contribution in [-0.2, 0) is 9.59 Å². The fourth-order valence-electron chi connectivity index (χ4n) is 1.38. The zero-order valence-corrected chi connectivity index (χ0v) is 10.3. The molecule has 0 aromatic carbocycles. The van der Waals surface area contributed by atoms with Crippen LogP contribution in [0.15, 0.2) is 0 Å². The number of carboxylic acid groups (broad SMARTS) is 1. The molecule has 0 bridgehead atoms. The van der Waals surface area contributed by atoms with Gasteiger partial charge >= 0.3 is 5.97 Å². The van der Waals surface area contributed by atoms with Crippen LogP contribution in [-0.4, -0.2) is 52.2 Å². The summed E-state index contributed by atoms with van der Waals surface area (Å²) in [6.07, 6.45) is -1.28. The number of hydrogen-bond acceptors (Lipinski definition) is 6. The number of primary amides is 1. The van der Waals surface area contributed by atoms with Crippen LogP contribution in [0.25, 0.3) is 0 Å². The highest BCUT2D eigenvalue weighted by molar-refractivity contribution is 5.77. The summed E-state index contributed by atoms with van der Waals surface area (Å²) in [6.45, 7) is 1.73. The molecule has 2 atom stereocenters. The molecule has 0 rings (SSSR count). The van der Waals surface area contributed by atoms with Gasteiger partial charge in [0.05, 0.1) is 6.17 Å². The average molecular weight is 263 g/mol.